The summed E-state index contributed by atoms with van der Waals surface area (Å²) in [7, 11) is -5.17. The van der Waals surface area contributed by atoms with E-state index in [9.17, 15) is 31.6 Å². The number of aliphatic hydroxyl groups is 1. The van der Waals surface area contributed by atoms with E-state index in [2.05, 4.69) is 4.52 Å². The summed E-state index contributed by atoms with van der Waals surface area (Å²) in [6.07, 6.45) is 0. The summed E-state index contributed by atoms with van der Waals surface area (Å²) in [4.78, 5) is 0. The molecular formula is C10H7Cl3F5O3P. The number of halogens is 8. The SMILES string of the molecule is CCO[P@@](=O)(c1c(F)c(F)c(F)c(F)c1F)[C@H](O)C(Cl)(Cl)Cl. The largest absolute Gasteiger partial charge is 0.379 e. The Hall–Kier alpha value is -0.110. The third kappa shape index (κ3) is 3.37. The molecule has 0 aliphatic rings. The van der Waals surface area contributed by atoms with Gasteiger partial charge in [-0.25, -0.2) is 22.0 Å². The molecule has 0 spiro atoms. The second-order valence-electron chi connectivity index (χ2n) is 3.85. The van der Waals surface area contributed by atoms with Crippen molar-refractivity contribution in [3.8, 4) is 0 Å². The molecule has 0 bridgehead atoms. The molecule has 0 fully saturated rings. The number of alkyl halides is 3. The van der Waals surface area contributed by atoms with E-state index in [1.54, 1.807) is 0 Å². The third-order valence-electron chi connectivity index (χ3n) is 2.43. The van der Waals surface area contributed by atoms with Gasteiger partial charge >= 0.3 is 0 Å². The predicted molar refractivity (Wildman–Crippen MR) is 71.4 cm³/mol. The van der Waals surface area contributed by atoms with Gasteiger partial charge in [-0.3, -0.25) is 4.57 Å². The van der Waals surface area contributed by atoms with Crippen LogP contribution in [0.25, 0.3) is 0 Å². The summed E-state index contributed by atoms with van der Waals surface area (Å²) in [6.45, 7) is 0.651. The van der Waals surface area contributed by atoms with Crippen molar-refractivity contribution in [1.82, 2.24) is 0 Å². The van der Waals surface area contributed by atoms with Crippen molar-refractivity contribution in [3.05, 3.63) is 29.1 Å². The first-order valence-corrected chi connectivity index (χ1v) is 8.23. The zero-order valence-electron chi connectivity index (χ0n) is 10.5. The Bertz CT molecular complexity index is 608. The molecule has 0 saturated heterocycles. The standard InChI is InChI=1S/C10H7Cl3F5O3P/c1-2-21-22(20,9(19)10(11,12)13)8-6(17)4(15)3(14)5(16)7(8)18/h9,19H,2H2,1H3/t9-,22-/m0/s1. The Morgan fingerprint density at radius 2 is 1.41 bits per heavy atom. The molecule has 0 unspecified atom stereocenters. The van der Waals surface area contributed by atoms with Crippen molar-refractivity contribution < 1.29 is 36.1 Å². The fourth-order valence-corrected chi connectivity index (χ4v) is 4.69. The van der Waals surface area contributed by atoms with Crippen molar-refractivity contribution in [1.29, 1.82) is 0 Å². The minimum atomic E-state index is -5.17. The van der Waals surface area contributed by atoms with Crippen LogP contribution in [-0.4, -0.2) is 21.4 Å². The van der Waals surface area contributed by atoms with Gasteiger partial charge in [0.25, 0.3) is 7.37 Å². The molecule has 0 aliphatic carbocycles. The second-order valence-corrected chi connectivity index (χ2v) is 8.61. The topological polar surface area (TPSA) is 46.5 Å². The number of benzene rings is 1. The first-order valence-electron chi connectivity index (χ1n) is 5.40. The molecule has 2 atom stereocenters. The number of rotatable bonds is 4. The zero-order valence-corrected chi connectivity index (χ0v) is 13.7. The van der Waals surface area contributed by atoms with Crippen LogP contribution in [0.1, 0.15) is 6.92 Å². The van der Waals surface area contributed by atoms with Crippen LogP contribution in [0.15, 0.2) is 0 Å². The highest BCUT2D eigenvalue weighted by atomic mass is 35.6. The van der Waals surface area contributed by atoms with Crippen LogP contribution in [0, 0.1) is 29.1 Å². The van der Waals surface area contributed by atoms with Gasteiger partial charge in [-0.15, -0.1) is 0 Å². The Labute approximate surface area is 136 Å². The summed E-state index contributed by atoms with van der Waals surface area (Å²) in [5.41, 5.74) is 0. The van der Waals surface area contributed by atoms with Gasteiger partial charge in [0.1, 0.15) is 5.30 Å². The monoisotopic (exact) mass is 406 g/mol. The van der Waals surface area contributed by atoms with E-state index < -0.39 is 58.0 Å². The van der Waals surface area contributed by atoms with Gasteiger partial charge in [-0.2, -0.15) is 0 Å². The summed E-state index contributed by atoms with van der Waals surface area (Å²) in [5, 5.41) is 7.86. The fourth-order valence-electron chi connectivity index (χ4n) is 1.51. The van der Waals surface area contributed by atoms with Gasteiger partial charge in [0.05, 0.1) is 6.61 Å². The normalized spacial score (nSPS) is 16.5. The van der Waals surface area contributed by atoms with E-state index in [0.29, 0.717) is 0 Å². The molecular weight excluding hydrogens is 400 g/mol. The Morgan fingerprint density at radius 3 is 1.73 bits per heavy atom. The van der Waals surface area contributed by atoms with E-state index in [4.69, 9.17) is 34.8 Å². The zero-order chi connectivity index (χ0) is 17.5. The van der Waals surface area contributed by atoms with E-state index in [1.165, 1.54) is 6.92 Å². The molecule has 126 valence electrons. The molecule has 0 heterocycles. The summed E-state index contributed by atoms with van der Waals surface area (Å²) < 4.78 is 81.3. The minimum Gasteiger partial charge on any atom is -0.379 e. The summed E-state index contributed by atoms with van der Waals surface area (Å²) in [6, 6.07) is 0. The van der Waals surface area contributed by atoms with Gasteiger partial charge < -0.3 is 9.63 Å². The van der Waals surface area contributed by atoms with Crippen molar-refractivity contribution >= 4 is 47.5 Å². The van der Waals surface area contributed by atoms with Crippen molar-refractivity contribution in [2.75, 3.05) is 6.61 Å². The number of hydrogen-bond donors (Lipinski definition) is 1. The molecule has 3 nitrogen and oxygen atoms in total. The van der Waals surface area contributed by atoms with Crippen LogP contribution in [0.4, 0.5) is 22.0 Å². The molecule has 0 aromatic heterocycles. The predicted octanol–water partition coefficient (Wildman–Crippen LogP) is 4.01. The van der Waals surface area contributed by atoms with Gasteiger partial charge in [-0.05, 0) is 6.92 Å². The highest BCUT2D eigenvalue weighted by Crippen LogP contribution is 2.58. The van der Waals surface area contributed by atoms with Gasteiger partial charge in [0, 0.05) is 0 Å². The molecule has 0 amide bonds. The van der Waals surface area contributed by atoms with E-state index >= 15 is 0 Å². The van der Waals surface area contributed by atoms with Crippen molar-refractivity contribution in [3.63, 3.8) is 0 Å². The molecule has 22 heavy (non-hydrogen) atoms. The third-order valence-corrected chi connectivity index (χ3v) is 6.20. The highest BCUT2D eigenvalue weighted by molar-refractivity contribution is 7.68. The lowest BCUT2D eigenvalue weighted by Crippen LogP contribution is -2.34. The van der Waals surface area contributed by atoms with E-state index in [-0.39, 0.29) is 0 Å². The van der Waals surface area contributed by atoms with Crippen LogP contribution in [0.5, 0.6) is 0 Å². The lowest BCUT2D eigenvalue weighted by atomic mass is 10.3. The van der Waals surface area contributed by atoms with E-state index in [1.807, 2.05) is 0 Å². The van der Waals surface area contributed by atoms with Crippen LogP contribution >= 0.6 is 42.2 Å². The Kier molecular flexibility index (Phi) is 6.15. The quantitative estimate of drug-likeness (QED) is 0.270. The minimum absolute atomic E-state index is 0.533. The maximum Gasteiger partial charge on any atom is 0.270 e. The van der Waals surface area contributed by atoms with Gasteiger partial charge in [0.2, 0.25) is 9.61 Å². The molecule has 0 aliphatic heterocycles. The van der Waals surface area contributed by atoms with Crippen molar-refractivity contribution in [2.45, 2.75) is 16.6 Å². The molecule has 1 rings (SSSR count). The first-order chi connectivity index (χ1) is 9.89. The molecule has 0 radical (unpaired) electrons. The van der Waals surface area contributed by atoms with Gasteiger partial charge in [-0.1, -0.05) is 34.8 Å². The highest BCUT2D eigenvalue weighted by Gasteiger charge is 2.51. The van der Waals surface area contributed by atoms with Crippen LogP contribution in [0.3, 0.4) is 0 Å². The number of aliphatic hydroxyl groups excluding tert-OH is 1. The average molecular weight is 407 g/mol. The lowest BCUT2D eigenvalue weighted by molar-refractivity contribution is 0.217. The van der Waals surface area contributed by atoms with Gasteiger partial charge in [0.15, 0.2) is 29.1 Å². The lowest BCUT2D eigenvalue weighted by Gasteiger charge is -2.28. The molecule has 1 aromatic carbocycles. The van der Waals surface area contributed by atoms with Crippen LogP contribution in [-0.2, 0) is 9.09 Å². The molecule has 1 aromatic rings. The Morgan fingerprint density at radius 1 is 1.05 bits per heavy atom. The maximum absolute atomic E-state index is 13.8. The first kappa shape index (κ1) is 19.9. The molecule has 0 saturated carbocycles. The van der Waals surface area contributed by atoms with E-state index in [0.717, 1.165) is 0 Å². The fraction of sp³-hybridized carbons (Fsp3) is 0.400. The second kappa shape index (κ2) is 6.79. The number of hydrogen-bond acceptors (Lipinski definition) is 3. The summed E-state index contributed by atoms with van der Waals surface area (Å²) >= 11 is 15.9. The van der Waals surface area contributed by atoms with Crippen LogP contribution in [0.2, 0.25) is 0 Å². The van der Waals surface area contributed by atoms with Crippen molar-refractivity contribution in [2.24, 2.45) is 0 Å². The molecule has 12 heteroatoms. The van der Waals surface area contributed by atoms with Crippen LogP contribution < -0.4 is 5.30 Å². The smallest absolute Gasteiger partial charge is 0.270 e. The average Bonchev–Trinajstić information content (AvgIpc) is 2.41. The Balaban J connectivity index is 3.77. The summed E-state index contributed by atoms with van der Waals surface area (Å²) in [5.74, 6) is -14.8. The maximum atomic E-state index is 13.8. The molecule has 1 N–H and O–H groups in total.